The molecule has 0 atom stereocenters. The van der Waals surface area contributed by atoms with Gasteiger partial charge in [0.2, 0.25) is 0 Å². The van der Waals surface area contributed by atoms with E-state index in [9.17, 15) is 4.39 Å². The van der Waals surface area contributed by atoms with Gasteiger partial charge in [-0.25, -0.2) is 4.39 Å². The summed E-state index contributed by atoms with van der Waals surface area (Å²) < 4.78 is 14.9. The van der Waals surface area contributed by atoms with E-state index in [1.54, 1.807) is 6.07 Å². The fourth-order valence-corrected chi connectivity index (χ4v) is 3.46. The standard InChI is InChI=1S/C25H27F/c1-4-6-19-14-20(7-5-2)16-23(15-19)24-13-12-22(17-25(24)26)21-10-8-18(3)9-11-21/h8-17H,4-7H2,1-3H3. The topological polar surface area (TPSA) is 0 Å². The summed E-state index contributed by atoms with van der Waals surface area (Å²) in [6.07, 6.45) is 4.27. The zero-order chi connectivity index (χ0) is 18.5. The number of halogens is 1. The molecule has 134 valence electrons. The lowest BCUT2D eigenvalue weighted by molar-refractivity contribution is 0.632. The second kappa shape index (κ2) is 8.31. The smallest absolute Gasteiger partial charge is 0.131 e. The van der Waals surface area contributed by atoms with Gasteiger partial charge in [-0.3, -0.25) is 0 Å². The van der Waals surface area contributed by atoms with Gasteiger partial charge in [-0.05, 0) is 53.6 Å². The zero-order valence-corrected chi connectivity index (χ0v) is 16.0. The number of aryl methyl sites for hydroxylation is 3. The molecule has 0 radical (unpaired) electrons. The van der Waals surface area contributed by atoms with Crippen molar-refractivity contribution >= 4 is 0 Å². The number of hydrogen-bond acceptors (Lipinski definition) is 0. The normalized spacial score (nSPS) is 10.9. The average Bonchev–Trinajstić information content (AvgIpc) is 2.62. The van der Waals surface area contributed by atoms with Crippen LogP contribution in [0.3, 0.4) is 0 Å². The van der Waals surface area contributed by atoms with Crippen molar-refractivity contribution in [2.45, 2.75) is 46.5 Å². The van der Waals surface area contributed by atoms with Gasteiger partial charge in [-0.1, -0.05) is 86.8 Å². The van der Waals surface area contributed by atoms with Gasteiger partial charge >= 0.3 is 0 Å². The van der Waals surface area contributed by atoms with E-state index in [1.807, 2.05) is 24.3 Å². The molecule has 0 N–H and O–H groups in total. The van der Waals surface area contributed by atoms with Gasteiger partial charge in [0.1, 0.15) is 5.82 Å². The first kappa shape index (κ1) is 18.4. The van der Waals surface area contributed by atoms with Crippen LogP contribution < -0.4 is 0 Å². The molecule has 3 aromatic rings. The van der Waals surface area contributed by atoms with Gasteiger partial charge in [-0.2, -0.15) is 0 Å². The minimum Gasteiger partial charge on any atom is -0.206 e. The van der Waals surface area contributed by atoms with Crippen LogP contribution in [-0.4, -0.2) is 0 Å². The number of hydrogen-bond donors (Lipinski definition) is 0. The Kier molecular flexibility index (Phi) is 5.88. The summed E-state index contributed by atoms with van der Waals surface area (Å²) in [5.74, 6) is -0.154. The zero-order valence-electron chi connectivity index (χ0n) is 16.0. The maximum atomic E-state index is 14.9. The third-order valence-electron chi connectivity index (χ3n) is 4.79. The number of benzene rings is 3. The van der Waals surface area contributed by atoms with Gasteiger partial charge in [0, 0.05) is 5.56 Å². The fraction of sp³-hybridized carbons (Fsp3) is 0.280. The molecule has 0 nitrogen and oxygen atoms in total. The van der Waals surface area contributed by atoms with Gasteiger partial charge in [0.05, 0.1) is 0 Å². The van der Waals surface area contributed by atoms with Gasteiger partial charge in [0.25, 0.3) is 0 Å². The molecule has 0 heterocycles. The molecule has 0 aromatic heterocycles. The maximum Gasteiger partial charge on any atom is 0.131 e. The Morgan fingerprint density at radius 3 is 1.77 bits per heavy atom. The van der Waals surface area contributed by atoms with E-state index in [0.717, 1.165) is 42.4 Å². The van der Waals surface area contributed by atoms with Crippen LogP contribution in [0.1, 0.15) is 43.4 Å². The molecule has 0 fully saturated rings. The van der Waals surface area contributed by atoms with Crippen molar-refractivity contribution in [1.29, 1.82) is 0 Å². The Morgan fingerprint density at radius 1 is 0.654 bits per heavy atom. The summed E-state index contributed by atoms with van der Waals surface area (Å²) in [4.78, 5) is 0. The molecule has 0 amide bonds. The monoisotopic (exact) mass is 346 g/mol. The van der Waals surface area contributed by atoms with Crippen molar-refractivity contribution in [3.05, 3.63) is 83.2 Å². The van der Waals surface area contributed by atoms with Gasteiger partial charge < -0.3 is 0 Å². The van der Waals surface area contributed by atoms with Crippen LogP contribution in [0, 0.1) is 12.7 Å². The SMILES string of the molecule is CCCc1cc(CCC)cc(-c2ccc(-c3ccc(C)cc3)cc2F)c1. The van der Waals surface area contributed by atoms with Crippen molar-refractivity contribution in [2.75, 3.05) is 0 Å². The van der Waals surface area contributed by atoms with Crippen LogP contribution >= 0.6 is 0 Å². The summed E-state index contributed by atoms with van der Waals surface area (Å²) in [6, 6.07) is 20.4. The molecule has 3 rings (SSSR count). The maximum absolute atomic E-state index is 14.9. The third-order valence-corrected chi connectivity index (χ3v) is 4.79. The molecule has 26 heavy (non-hydrogen) atoms. The quantitative estimate of drug-likeness (QED) is 0.437. The average molecular weight is 346 g/mol. The Morgan fingerprint density at radius 2 is 1.23 bits per heavy atom. The molecule has 0 aliphatic rings. The van der Waals surface area contributed by atoms with E-state index in [0.29, 0.717) is 5.56 Å². The van der Waals surface area contributed by atoms with Crippen molar-refractivity contribution in [2.24, 2.45) is 0 Å². The van der Waals surface area contributed by atoms with Crippen molar-refractivity contribution < 1.29 is 4.39 Å². The molecular weight excluding hydrogens is 319 g/mol. The summed E-state index contributed by atoms with van der Waals surface area (Å²) >= 11 is 0. The highest BCUT2D eigenvalue weighted by molar-refractivity contribution is 5.72. The van der Waals surface area contributed by atoms with Crippen molar-refractivity contribution in [3.63, 3.8) is 0 Å². The molecule has 0 saturated heterocycles. The minimum atomic E-state index is -0.154. The van der Waals surface area contributed by atoms with Crippen LogP contribution in [0.4, 0.5) is 4.39 Å². The van der Waals surface area contributed by atoms with Crippen LogP contribution in [0.2, 0.25) is 0 Å². The van der Waals surface area contributed by atoms with E-state index >= 15 is 0 Å². The summed E-state index contributed by atoms with van der Waals surface area (Å²) in [6.45, 7) is 6.43. The Labute approximate surface area is 156 Å². The highest BCUT2D eigenvalue weighted by Crippen LogP contribution is 2.30. The van der Waals surface area contributed by atoms with E-state index in [4.69, 9.17) is 0 Å². The van der Waals surface area contributed by atoms with Gasteiger partial charge in [0.15, 0.2) is 0 Å². The predicted molar refractivity (Wildman–Crippen MR) is 110 cm³/mol. The first-order chi connectivity index (χ1) is 12.6. The highest BCUT2D eigenvalue weighted by Gasteiger charge is 2.10. The van der Waals surface area contributed by atoms with E-state index in [-0.39, 0.29) is 5.82 Å². The first-order valence-corrected chi connectivity index (χ1v) is 9.60. The molecule has 0 aliphatic carbocycles. The molecular formula is C25H27F. The van der Waals surface area contributed by atoms with Gasteiger partial charge in [-0.15, -0.1) is 0 Å². The van der Waals surface area contributed by atoms with E-state index in [2.05, 4.69) is 51.1 Å². The van der Waals surface area contributed by atoms with E-state index in [1.165, 1.54) is 16.7 Å². The largest absolute Gasteiger partial charge is 0.206 e. The van der Waals surface area contributed by atoms with Crippen LogP contribution in [0.5, 0.6) is 0 Å². The lowest BCUT2D eigenvalue weighted by Gasteiger charge is -2.11. The second-order valence-corrected chi connectivity index (χ2v) is 7.10. The van der Waals surface area contributed by atoms with E-state index < -0.39 is 0 Å². The van der Waals surface area contributed by atoms with Crippen LogP contribution in [0.15, 0.2) is 60.7 Å². The summed E-state index contributed by atoms with van der Waals surface area (Å²) in [7, 11) is 0. The first-order valence-electron chi connectivity index (χ1n) is 9.60. The fourth-order valence-electron chi connectivity index (χ4n) is 3.46. The Balaban J connectivity index is 2.00. The Bertz CT molecular complexity index is 851. The highest BCUT2D eigenvalue weighted by atomic mass is 19.1. The molecule has 0 unspecified atom stereocenters. The molecule has 0 aliphatic heterocycles. The number of rotatable bonds is 6. The minimum absolute atomic E-state index is 0.154. The second-order valence-electron chi connectivity index (χ2n) is 7.10. The summed E-state index contributed by atoms with van der Waals surface area (Å²) in [5, 5.41) is 0. The van der Waals surface area contributed by atoms with Crippen LogP contribution in [0.25, 0.3) is 22.3 Å². The Hall–Kier alpha value is -2.41. The lowest BCUT2D eigenvalue weighted by atomic mass is 9.94. The molecule has 0 bridgehead atoms. The lowest BCUT2D eigenvalue weighted by Crippen LogP contribution is -1.93. The third kappa shape index (κ3) is 4.22. The summed E-state index contributed by atoms with van der Waals surface area (Å²) in [5.41, 5.74) is 7.47. The van der Waals surface area contributed by atoms with Crippen molar-refractivity contribution in [3.8, 4) is 22.3 Å². The molecule has 3 aromatic carbocycles. The predicted octanol–water partition coefficient (Wildman–Crippen LogP) is 7.37. The molecule has 0 saturated carbocycles. The van der Waals surface area contributed by atoms with Crippen molar-refractivity contribution in [1.82, 2.24) is 0 Å². The molecule has 1 heteroatoms. The van der Waals surface area contributed by atoms with Crippen LogP contribution in [-0.2, 0) is 12.8 Å². The molecule has 0 spiro atoms.